The number of amides is 1. The second-order valence-corrected chi connectivity index (χ2v) is 5.95. The Morgan fingerprint density at radius 1 is 0.760 bits per heavy atom. The van der Waals surface area contributed by atoms with Gasteiger partial charge < -0.3 is 0 Å². The van der Waals surface area contributed by atoms with Gasteiger partial charge in [0.25, 0.3) is 5.91 Å². The Kier molecular flexibility index (Phi) is 5.05. The van der Waals surface area contributed by atoms with Crippen molar-refractivity contribution in [2.24, 2.45) is 5.10 Å². The van der Waals surface area contributed by atoms with Crippen LogP contribution >= 0.6 is 0 Å². The summed E-state index contributed by atoms with van der Waals surface area (Å²) in [6.07, 6.45) is 0. The lowest BCUT2D eigenvalue weighted by molar-refractivity contribution is 0.0955. The van der Waals surface area contributed by atoms with E-state index in [1.807, 2.05) is 56.3 Å². The maximum atomic E-state index is 12.1. The van der Waals surface area contributed by atoms with E-state index >= 15 is 0 Å². The van der Waals surface area contributed by atoms with Gasteiger partial charge in [0.1, 0.15) is 0 Å². The van der Waals surface area contributed by atoms with Crippen LogP contribution in [0.15, 0.2) is 84.0 Å². The van der Waals surface area contributed by atoms with Crippen LogP contribution in [0.1, 0.15) is 28.4 Å². The van der Waals surface area contributed by atoms with Crippen LogP contribution in [-0.2, 0) is 0 Å². The standard InChI is InChI=1S/C22H20N2O/c1-16-8-10-21(11-9-16)22(25)24-23-17(2)18-12-14-20(15-13-18)19-6-4-3-5-7-19/h3-15H,1-2H3,(H,24,25). The van der Waals surface area contributed by atoms with Crippen molar-refractivity contribution in [1.29, 1.82) is 0 Å². The van der Waals surface area contributed by atoms with Crippen molar-refractivity contribution in [3.05, 3.63) is 95.6 Å². The van der Waals surface area contributed by atoms with Crippen LogP contribution in [0.5, 0.6) is 0 Å². The van der Waals surface area contributed by atoms with Crippen molar-refractivity contribution < 1.29 is 4.79 Å². The molecule has 0 fully saturated rings. The van der Waals surface area contributed by atoms with Crippen molar-refractivity contribution >= 4 is 11.6 Å². The van der Waals surface area contributed by atoms with Crippen molar-refractivity contribution in [1.82, 2.24) is 5.43 Å². The molecule has 0 aliphatic heterocycles. The second kappa shape index (κ2) is 7.58. The van der Waals surface area contributed by atoms with E-state index in [1.165, 1.54) is 5.56 Å². The third kappa shape index (κ3) is 4.21. The molecule has 0 spiro atoms. The molecule has 1 N–H and O–H groups in total. The zero-order valence-corrected chi connectivity index (χ0v) is 14.4. The number of hydrogen-bond donors (Lipinski definition) is 1. The highest BCUT2D eigenvalue weighted by molar-refractivity contribution is 6.01. The van der Waals surface area contributed by atoms with Crippen LogP contribution in [-0.4, -0.2) is 11.6 Å². The van der Waals surface area contributed by atoms with E-state index in [-0.39, 0.29) is 5.91 Å². The third-order valence-corrected chi connectivity index (χ3v) is 4.05. The van der Waals surface area contributed by atoms with E-state index in [1.54, 1.807) is 12.1 Å². The zero-order chi connectivity index (χ0) is 17.6. The Hall–Kier alpha value is -3.20. The third-order valence-electron chi connectivity index (χ3n) is 4.05. The quantitative estimate of drug-likeness (QED) is 0.541. The number of benzene rings is 3. The molecule has 3 nitrogen and oxygen atoms in total. The number of nitrogens with zero attached hydrogens (tertiary/aromatic N) is 1. The summed E-state index contributed by atoms with van der Waals surface area (Å²) in [7, 11) is 0. The monoisotopic (exact) mass is 328 g/mol. The fraction of sp³-hybridized carbons (Fsp3) is 0.0909. The fourth-order valence-electron chi connectivity index (χ4n) is 2.50. The van der Waals surface area contributed by atoms with Gasteiger partial charge in [-0.3, -0.25) is 4.79 Å². The van der Waals surface area contributed by atoms with E-state index < -0.39 is 0 Å². The summed E-state index contributed by atoms with van der Waals surface area (Å²) in [5, 5.41) is 4.21. The lowest BCUT2D eigenvalue weighted by atomic mass is 10.0. The van der Waals surface area contributed by atoms with Crippen molar-refractivity contribution in [2.45, 2.75) is 13.8 Å². The van der Waals surface area contributed by atoms with Gasteiger partial charge in [0.2, 0.25) is 0 Å². The molecule has 3 aromatic rings. The molecule has 0 heterocycles. The average Bonchev–Trinajstić information content (AvgIpc) is 2.67. The Balaban J connectivity index is 1.70. The van der Waals surface area contributed by atoms with E-state index in [2.05, 4.69) is 34.8 Å². The summed E-state index contributed by atoms with van der Waals surface area (Å²) in [5.74, 6) is -0.208. The van der Waals surface area contributed by atoms with Gasteiger partial charge in [-0.15, -0.1) is 0 Å². The van der Waals surface area contributed by atoms with Gasteiger partial charge in [0, 0.05) is 5.56 Å². The molecule has 0 radical (unpaired) electrons. The highest BCUT2D eigenvalue weighted by Crippen LogP contribution is 2.19. The van der Waals surface area contributed by atoms with Crippen LogP contribution in [0.4, 0.5) is 0 Å². The first-order chi connectivity index (χ1) is 12.1. The Bertz CT molecular complexity index is 880. The van der Waals surface area contributed by atoms with Crippen molar-refractivity contribution in [3.63, 3.8) is 0 Å². The number of aryl methyl sites for hydroxylation is 1. The summed E-state index contributed by atoms with van der Waals surface area (Å²) in [4.78, 5) is 12.1. The maximum absolute atomic E-state index is 12.1. The number of hydrazone groups is 1. The molecule has 3 aromatic carbocycles. The van der Waals surface area contributed by atoms with Gasteiger partial charge >= 0.3 is 0 Å². The first-order valence-corrected chi connectivity index (χ1v) is 8.20. The fourth-order valence-corrected chi connectivity index (χ4v) is 2.50. The highest BCUT2D eigenvalue weighted by Gasteiger charge is 2.05. The lowest BCUT2D eigenvalue weighted by Crippen LogP contribution is -2.19. The predicted octanol–water partition coefficient (Wildman–Crippen LogP) is 4.82. The molecule has 0 atom stereocenters. The Labute approximate surface area is 148 Å². The van der Waals surface area contributed by atoms with E-state index in [0.717, 1.165) is 22.4 Å². The minimum Gasteiger partial charge on any atom is -0.267 e. The number of hydrogen-bond acceptors (Lipinski definition) is 2. The molecule has 3 rings (SSSR count). The second-order valence-electron chi connectivity index (χ2n) is 5.95. The smallest absolute Gasteiger partial charge is 0.267 e. The summed E-state index contributed by atoms with van der Waals surface area (Å²) in [5.41, 5.74) is 8.40. The minimum atomic E-state index is -0.208. The van der Waals surface area contributed by atoms with Crippen LogP contribution in [0.2, 0.25) is 0 Å². The highest BCUT2D eigenvalue weighted by atomic mass is 16.2. The molecule has 0 aliphatic carbocycles. The normalized spacial score (nSPS) is 11.2. The Morgan fingerprint density at radius 2 is 1.32 bits per heavy atom. The lowest BCUT2D eigenvalue weighted by Gasteiger charge is -2.05. The summed E-state index contributed by atoms with van der Waals surface area (Å²) < 4.78 is 0. The molecule has 0 saturated carbocycles. The molecule has 0 bridgehead atoms. The van der Waals surface area contributed by atoms with Gasteiger partial charge in [0.15, 0.2) is 0 Å². The van der Waals surface area contributed by atoms with Gasteiger partial charge in [-0.25, -0.2) is 5.43 Å². The van der Waals surface area contributed by atoms with Gasteiger partial charge in [-0.2, -0.15) is 5.10 Å². The van der Waals surface area contributed by atoms with E-state index in [4.69, 9.17) is 0 Å². The van der Waals surface area contributed by atoms with Crippen LogP contribution in [0, 0.1) is 6.92 Å². The minimum absolute atomic E-state index is 0.208. The Morgan fingerprint density at radius 3 is 1.96 bits per heavy atom. The summed E-state index contributed by atoms with van der Waals surface area (Å²) in [6, 6.07) is 25.8. The number of nitrogens with one attached hydrogen (secondary N) is 1. The number of carbonyl (C=O) groups excluding carboxylic acids is 1. The number of rotatable bonds is 4. The average molecular weight is 328 g/mol. The van der Waals surface area contributed by atoms with Crippen molar-refractivity contribution in [3.8, 4) is 11.1 Å². The molecule has 3 heteroatoms. The molecule has 0 aliphatic rings. The molecule has 0 unspecified atom stereocenters. The predicted molar refractivity (Wildman–Crippen MR) is 103 cm³/mol. The molecule has 25 heavy (non-hydrogen) atoms. The zero-order valence-electron chi connectivity index (χ0n) is 14.4. The molecule has 0 aromatic heterocycles. The van der Waals surface area contributed by atoms with Crippen LogP contribution in [0.25, 0.3) is 11.1 Å². The topological polar surface area (TPSA) is 41.5 Å². The van der Waals surface area contributed by atoms with Gasteiger partial charge in [-0.1, -0.05) is 72.3 Å². The van der Waals surface area contributed by atoms with Crippen LogP contribution in [0.3, 0.4) is 0 Å². The summed E-state index contributed by atoms with van der Waals surface area (Å²) >= 11 is 0. The number of carbonyl (C=O) groups is 1. The summed E-state index contributed by atoms with van der Waals surface area (Å²) in [6.45, 7) is 3.87. The maximum Gasteiger partial charge on any atom is 0.271 e. The van der Waals surface area contributed by atoms with E-state index in [0.29, 0.717) is 5.56 Å². The molecule has 0 saturated heterocycles. The molecule has 124 valence electrons. The van der Waals surface area contributed by atoms with Gasteiger partial charge in [0.05, 0.1) is 5.71 Å². The first-order valence-electron chi connectivity index (χ1n) is 8.20. The SMILES string of the molecule is CC(=NNC(=O)c1ccc(C)cc1)c1ccc(-c2ccccc2)cc1. The van der Waals surface area contributed by atoms with Gasteiger partial charge in [-0.05, 0) is 42.7 Å². The largest absolute Gasteiger partial charge is 0.271 e. The van der Waals surface area contributed by atoms with Crippen molar-refractivity contribution in [2.75, 3.05) is 0 Å². The molecular formula is C22H20N2O. The van der Waals surface area contributed by atoms with Crippen LogP contribution < -0.4 is 5.43 Å². The molecular weight excluding hydrogens is 308 g/mol. The van der Waals surface area contributed by atoms with E-state index in [9.17, 15) is 4.79 Å². The molecule has 1 amide bonds. The first kappa shape index (κ1) is 16.7.